The summed E-state index contributed by atoms with van der Waals surface area (Å²) < 4.78 is 13.2. The van der Waals surface area contributed by atoms with Crippen molar-refractivity contribution in [3.05, 3.63) is 77.6 Å². The van der Waals surface area contributed by atoms with Crippen molar-refractivity contribution in [2.24, 2.45) is 5.41 Å². The smallest absolute Gasteiger partial charge is 0.428 e. The number of fused-ring (bicyclic) bond motifs is 1. The van der Waals surface area contributed by atoms with Gasteiger partial charge in [-0.1, -0.05) is 76.6 Å². The summed E-state index contributed by atoms with van der Waals surface area (Å²) in [5, 5.41) is 3.09. The van der Waals surface area contributed by atoms with Crippen LogP contribution < -0.4 is 10.1 Å². The van der Waals surface area contributed by atoms with Gasteiger partial charge in [0.2, 0.25) is 5.91 Å². The van der Waals surface area contributed by atoms with Gasteiger partial charge in [0.05, 0.1) is 11.0 Å². The molecule has 7 nitrogen and oxygen atoms in total. The standard InChI is InChI=1S/C35H43N3O4/c1-9-10-15-30-37-31-23(2)20-26(36-32(39)34(3,4)5)21-28(31)38(30)22-24-16-18-25(19-17-24)27-13-11-12-14-29(27)41-33(40)42-35(6,7)8/h11-14,16-21H,9-10,15,22H2,1-8H3,(H,36,39). The number of aryl methyl sites for hydroxylation is 2. The van der Waals surface area contributed by atoms with Gasteiger partial charge >= 0.3 is 6.16 Å². The lowest BCUT2D eigenvalue weighted by Gasteiger charge is -2.19. The number of rotatable bonds is 8. The van der Waals surface area contributed by atoms with E-state index in [-0.39, 0.29) is 5.91 Å². The summed E-state index contributed by atoms with van der Waals surface area (Å²) in [6.07, 6.45) is 2.27. The van der Waals surface area contributed by atoms with E-state index in [0.717, 1.165) is 64.1 Å². The highest BCUT2D eigenvalue weighted by Crippen LogP contribution is 2.32. The summed E-state index contributed by atoms with van der Waals surface area (Å²) in [4.78, 5) is 30.1. The van der Waals surface area contributed by atoms with E-state index in [4.69, 9.17) is 14.5 Å². The van der Waals surface area contributed by atoms with E-state index in [2.05, 4.69) is 28.9 Å². The average Bonchev–Trinajstić information content (AvgIpc) is 3.24. The van der Waals surface area contributed by atoms with Crippen LogP contribution in [0.4, 0.5) is 10.5 Å². The number of anilines is 1. The molecule has 7 heteroatoms. The fourth-order valence-electron chi connectivity index (χ4n) is 4.66. The van der Waals surface area contributed by atoms with E-state index >= 15 is 0 Å². The number of carbonyl (C=O) groups is 2. The van der Waals surface area contributed by atoms with Crippen LogP contribution in [0, 0.1) is 12.3 Å². The van der Waals surface area contributed by atoms with Gasteiger partial charge in [0.25, 0.3) is 0 Å². The molecule has 0 fully saturated rings. The molecule has 0 aliphatic carbocycles. The topological polar surface area (TPSA) is 82.5 Å². The number of para-hydroxylation sites is 1. The van der Waals surface area contributed by atoms with Gasteiger partial charge in [-0.3, -0.25) is 4.79 Å². The maximum Gasteiger partial charge on any atom is 0.514 e. The van der Waals surface area contributed by atoms with E-state index in [0.29, 0.717) is 12.3 Å². The highest BCUT2D eigenvalue weighted by Gasteiger charge is 2.23. The zero-order chi connectivity index (χ0) is 30.7. The fourth-order valence-corrected chi connectivity index (χ4v) is 4.66. The second-order valence-corrected chi connectivity index (χ2v) is 12.8. The Balaban J connectivity index is 1.65. The summed E-state index contributed by atoms with van der Waals surface area (Å²) in [6.45, 7) is 16.0. The molecule has 0 spiro atoms. The van der Waals surface area contributed by atoms with E-state index in [9.17, 15) is 9.59 Å². The lowest BCUT2D eigenvalue weighted by atomic mass is 9.95. The Morgan fingerprint density at radius 2 is 1.64 bits per heavy atom. The molecule has 0 aliphatic heterocycles. The van der Waals surface area contributed by atoms with Crippen molar-refractivity contribution < 1.29 is 19.1 Å². The van der Waals surface area contributed by atoms with Crippen LogP contribution in [0.2, 0.25) is 0 Å². The molecule has 3 aromatic carbocycles. The number of amides is 1. The molecular weight excluding hydrogens is 526 g/mol. The number of ether oxygens (including phenoxy) is 2. The first-order chi connectivity index (χ1) is 19.7. The van der Waals surface area contributed by atoms with E-state index in [1.54, 1.807) is 26.8 Å². The minimum absolute atomic E-state index is 0.0231. The highest BCUT2D eigenvalue weighted by molar-refractivity contribution is 5.96. The Labute approximate surface area is 249 Å². The van der Waals surface area contributed by atoms with Crippen LogP contribution in [-0.2, 0) is 22.5 Å². The molecule has 222 valence electrons. The van der Waals surface area contributed by atoms with Crippen LogP contribution in [0.25, 0.3) is 22.2 Å². The van der Waals surface area contributed by atoms with Gasteiger partial charge in [-0.2, -0.15) is 0 Å². The molecule has 0 radical (unpaired) electrons. The lowest BCUT2D eigenvalue weighted by Crippen LogP contribution is -2.27. The maximum absolute atomic E-state index is 12.7. The molecule has 1 N–H and O–H groups in total. The summed E-state index contributed by atoms with van der Waals surface area (Å²) >= 11 is 0. The number of hydrogen-bond acceptors (Lipinski definition) is 5. The zero-order valence-electron chi connectivity index (χ0n) is 26.1. The Morgan fingerprint density at radius 1 is 0.952 bits per heavy atom. The van der Waals surface area contributed by atoms with Crippen molar-refractivity contribution in [1.29, 1.82) is 0 Å². The summed E-state index contributed by atoms with van der Waals surface area (Å²) in [7, 11) is 0. The quantitative estimate of drug-likeness (QED) is 0.169. The molecule has 0 bridgehead atoms. The molecule has 0 aliphatic rings. The number of nitrogens with zero attached hydrogens (tertiary/aromatic N) is 2. The molecule has 0 saturated carbocycles. The van der Waals surface area contributed by atoms with Crippen molar-refractivity contribution in [2.75, 3.05) is 5.32 Å². The van der Waals surface area contributed by atoms with Crippen molar-refractivity contribution in [2.45, 2.75) is 86.8 Å². The molecular formula is C35H43N3O4. The minimum atomic E-state index is -0.730. The van der Waals surface area contributed by atoms with Crippen molar-refractivity contribution in [1.82, 2.24) is 9.55 Å². The van der Waals surface area contributed by atoms with Gasteiger partial charge < -0.3 is 19.4 Å². The number of hydrogen-bond donors (Lipinski definition) is 1. The molecule has 0 unspecified atom stereocenters. The normalized spacial score (nSPS) is 11.9. The molecule has 0 atom stereocenters. The Bertz CT molecular complexity index is 1570. The summed E-state index contributed by atoms with van der Waals surface area (Å²) in [6, 6.07) is 19.7. The molecule has 0 saturated heterocycles. The second kappa shape index (κ2) is 12.4. The second-order valence-electron chi connectivity index (χ2n) is 12.8. The minimum Gasteiger partial charge on any atom is -0.428 e. The van der Waals surface area contributed by atoms with Crippen LogP contribution >= 0.6 is 0 Å². The van der Waals surface area contributed by atoms with Gasteiger partial charge in [-0.25, -0.2) is 9.78 Å². The van der Waals surface area contributed by atoms with Crippen LogP contribution in [0.3, 0.4) is 0 Å². The third-order valence-electron chi connectivity index (χ3n) is 6.89. The first-order valence-corrected chi connectivity index (χ1v) is 14.7. The van der Waals surface area contributed by atoms with Crippen LogP contribution in [0.1, 0.15) is 78.3 Å². The molecule has 4 aromatic rings. The highest BCUT2D eigenvalue weighted by atomic mass is 16.7. The predicted molar refractivity (Wildman–Crippen MR) is 169 cm³/mol. The van der Waals surface area contributed by atoms with Crippen LogP contribution in [-0.4, -0.2) is 27.2 Å². The molecule has 1 amide bonds. The van der Waals surface area contributed by atoms with Crippen molar-refractivity contribution in [3.63, 3.8) is 0 Å². The number of aromatic nitrogens is 2. The zero-order valence-corrected chi connectivity index (χ0v) is 26.1. The largest absolute Gasteiger partial charge is 0.514 e. The number of nitrogens with one attached hydrogen (secondary N) is 1. The van der Waals surface area contributed by atoms with E-state index in [1.807, 2.05) is 70.2 Å². The molecule has 1 aromatic heterocycles. The fraction of sp³-hybridized carbons (Fsp3) is 0.400. The first kappa shape index (κ1) is 30.8. The molecule has 4 rings (SSSR count). The average molecular weight is 570 g/mol. The Hall–Kier alpha value is -4.13. The van der Waals surface area contributed by atoms with E-state index in [1.165, 1.54) is 0 Å². The Kier molecular flexibility index (Phi) is 9.09. The summed E-state index contributed by atoms with van der Waals surface area (Å²) in [5.41, 5.74) is 5.49. The van der Waals surface area contributed by atoms with Crippen molar-refractivity contribution in [3.8, 4) is 16.9 Å². The van der Waals surface area contributed by atoms with Gasteiger partial charge in [-0.15, -0.1) is 0 Å². The molecule has 42 heavy (non-hydrogen) atoms. The van der Waals surface area contributed by atoms with Crippen LogP contribution in [0.15, 0.2) is 60.7 Å². The SMILES string of the molecule is CCCCc1nc2c(C)cc(NC(=O)C(C)(C)C)cc2n1Cc1ccc(-c2ccccc2OC(=O)OC(C)(C)C)cc1. The van der Waals surface area contributed by atoms with Gasteiger partial charge in [0.15, 0.2) is 0 Å². The number of benzene rings is 3. The molecule has 1 heterocycles. The number of carbonyl (C=O) groups excluding carboxylic acids is 2. The third-order valence-corrected chi connectivity index (χ3v) is 6.89. The van der Waals surface area contributed by atoms with Crippen molar-refractivity contribution >= 4 is 28.8 Å². The maximum atomic E-state index is 12.7. The first-order valence-electron chi connectivity index (χ1n) is 14.7. The van der Waals surface area contributed by atoms with Gasteiger partial charge in [0, 0.05) is 29.6 Å². The van der Waals surface area contributed by atoms with E-state index < -0.39 is 17.2 Å². The monoisotopic (exact) mass is 569 g/mol. The number of imidazole rings is 1. The van der Waals surface area contributed by atoms with Gasteiger partial charge in [0.1, 0.15) is 17.2 Å². The summed E-state index contributed by atoms with van der Waals surface area (Å²) in [5.74, 6) is 1.46. The lowest BCUT2D eigenvalue weighted by molar-refractivity contribution is -0.123. The Morgan fingerprint density at radius 3 is 2.29 bits per heavy atom. The van der Waals surface area contributed by atoms with Crippen LogP contribution in [0.5, 0.6) is 5.75 Å². The number of unbranched alkanes of at least 4 members (excludes halogenated alkanes) is 1. The predicted octanol–water partition coefficient (Wildman–Crippen LogP) is 8.70. The van der Waals surface area contributed by atoms with Gasteiger partial charge in [-0.05, 0) is 69.0 Å². The third kappa shape index (κ3) is 7.58.